The molecule has 0 saturated heterocycles. The Morgan fingerprint density at radius 2 is 2.31 bits per heavy atom. The van der Waals surface area contributed by atoms with Crippen molar-refractivity contribution in [1.29, 1.82) is 0 Å². The Morgan fingerprint density at radius 1 is 1.54 bits per heavy atom. The van der Waals surface area contributed by atoms with Gasteiger partial charge in [0.05, 0.1) is 5.21 Å². The lowest BCUT2D eigenvalue weighted by Crippen LogP contribution is -2.29. The van der Waals surface area contributed by atoms with Gasteiger partial charge in [-0.2, -0.15) is 0 Å². The van der Waals surface area contributed by atoms with Gasteiger partial charge in [0.25, 0.3) is 0 Å². The molecule has 0 saturated carbocycles. The van der Waals surface area contributed by atoms with E-state index in [9.17, 15) is 5.21 Å². The predicted molar refractivity (Wildman–Crippen MR) is 47.5 cm³/mol. The molecule has 0 amide bonds. The van der Waals surface area contributed by atoms with Crippen molar-refractivity contribution in [2.75, 3.05) is 0 Å². The number of terminal acetylenes is 1. The fraction of sp³-hybridized carbons (Fsp3) is 0.111. The van der Waals surface area contributed by atoms with Crippen molar-refractivity contribution in [2.24, 2.45) is 0 Å². The van der Waals surface area contributed by atoms with Crippen LogP contribution < -0.4 is 4.85 Å². The first-order valence-electron chi connectivity index (χ1n) is 3.82. The zero-order valence-corrected chi connectivity index (χ0v) is 6.84. The zero-order valence-electron chi connectivity index (χ0n) is 6.84. The third kappa shape index (κ3) is 1.11. The maximum Gasteiger partial charge on any atom is 0.202 e. The van der Waals surface area contributed by atoms with Crippen molar-refractivity contribution in [3.8, 4) is 12.3 Å². The van der Waals surface area contributed by atoms with Gasteiger partial charge in [-0.05, 0) is 12.1 Å². The lowest BCUT2D eigenvalue weighted by Gasteiger charge is -1.89. The van der Waals surface area contributed by atoms with Gasteiger partial charge in [-0.3, -0.25) is 0 Å². The van der Waals surface area contributed by atoms with Crippen LogP contribution in [0.3, 0.4) is 0 Å². The molecule has 2 aromatic rings. The van der Waals surface area contributed by atoms with E-state index in [4.69, 9.17) is 6.42 Å². The predicted octanol–water partition coefficient (Wildman–Crippen LogP) is 0.303. The summed E-state index contributed by atoms with van der Waals surface area (Å²) in [6.45, 7) is 0.315. The van der Waals surface area contributed by atoms with Gasteiger partial charge in [0.1, 0.15) is 0 Å². The number of rotatable bonds is 1. The van der Waals surface area contributed by atoms with E-state index in [0.29, 0.717) is 16.9 Å². The summed E-state index contributed by atoms with van der Waals surface area (Å²) >= 11 is 0. The second-order valence-electron chi connectivity index (χ2n) is 2.61. The maximum absolute atomic E-state index is 11.2. The normalized spacial score (nSPS) is 10.1. The monoisotopic (exact) mass is 173 g/mol. The van der Waals surface area contributed by atoms with Crippen LogP contribution in [0.4, 0.5) is 0 Å². The molecule has 0 aliphatic carbocycles. The first-order valence-corrected chi connectivity index (χ1v) is 3.82. The smallest absolute Gasteiger partial charge is 0.202 e. The summed E-state index contributed by atoms with van der Waals surface area (Å²) in [5.74, 6) is 2.44. The molecule has 4 nitrogen and oxygen atoms in total. The largest absolute Gasteiger partial charge is 0.691 e. The molecule has 0 unspecified atom stereocenters. The average Bonchev–Trinajstić information content (AvgIpc) is 2.46. The molecule has 0 spiro atoms. The Labute approximate surface area is 75.0 Å². The minimum Gasteiger partial charge on any atom is -0.691 e. The zero-order chi connectivity index (χ0) is 9.26. The molecule has 0 aliphatic rings. The Morgan fingerprint density at radius 3 is 3.08 bits per heavy atom. The summed E-state index contributed by atoms with van der Waals surface area (Å²) in [6, 6.07) is 7.16. The first kappa shape index (κ1) is 7.62. The molecule has 4 heteroatoms. The molecule has 64 valence electrons. The maximum atomic E-state index is 11.2. The lowest BCUT2D eigenvalue weighted by molar-refractivity contribution is -0.646. The number of fused-ring (bicyclic) bond motifs is 1. The summed E-state index contributed by atoms with van der Waals surface area (Å²) in [6.07, 6.45) is 5.14. The molecule has 2 rings (SSSR count). The van der Waals surface area contributed by atoms with Crippen LogP contribution in [0.5, 0.6) is 0 Å². The van der Waals surface area contributed by atoms with Gasteiger partial charge in [0.2, 0.25) is 5.52 Å². The van der Waals surface area contributed by atoms with Crippen LogP contribution in [0.2, 0.25) is 0 Å². The van der Waals surface area contributed by atoms with Crippen LogP contribution in [0.25, 0.3) is 11.0 Å². The van der Waals surface area contributed by atoms with E-state index in [-0.39, 0.29) is 0 Å². The highest BCUT2D eigenvalue weighted by Gasteiger charge is 2.10. The van der Waals surface area contributed by atoms with Gasteiger partial charge >= 0.3 is 0 Å². The van der Waals surface area contributed by atoms with Gasteiger partial charge in [-0.1, -0.05) is 18.1 Å². The van der Waals surface area contributed by atoms with Crippen molar-refractivity contribution in [1.82, 2.24) is 9.90 Å². The highest BCUT2D eigenvalue weighted by molar-refractivity contribution is 5.70. The summed E-state index contributed by atoms with van der Waals surface area (Å²) in [4.78, 5) is 0.576. The molecule has 13 heavy (non-hydrogen) atoms. The molecule has 0 N–H and O–H groups in total. The molecule has 0 bridgehead atoms. The van der Waals surface area contributed by atoms with Crippen molar-refractivity contribution in [2.45, 2.75) is 6.54 Å². The Bertz CT molecular complexity index is 481. The molecule has 0 fully saturated rings. The highest BCUT2D eigenvalue weighted by atomic mass is 16.5. The van der Waals surface area contributed by atoms with Gasteiger partial charge in [-0.15, -0.1) is 16.0 Å². The standard InChI is InChI=1S/C9H7N3O/c1-2-7-11-8-5-3-4-6-9(8)12(13)10-11/h1,3-6H,7H2. The Hall–Kier alpha value is -2.02. The molecular formula is C9H7N3O. The molecule has 0 aliphatic heterocycles. The fourth-order valence-corrected chi connectivity index (χ4v) is 1.24. The van der Waals surface area contributed by atoms with Crippen LogP contribution >= 0.6 is 0 Å². The van der Waals surface area contributed by atoms with Crippen LogP contribution in [0, 0.1) is 17.6 Å². The van der Waals surface area contributed by atoms with Gasteiger partial charge in [0.15, 0.2) is 12.1 Å². The van der Waals surface area contributed by atoms with Gasteiger partial charge in [0, 0.05) is 0 Å². The minimum absolute atomic E-state index is 0.315. The van der Waals surface area contributed by atoms with Crippen molar-refractivity contribution in [3.05, 3.63) is 29.5 Å². The minimum atomic E-state index is 0.315. The van der Waals surface area contributed by atoms with Gasteiger partial charge in [-0.25, -0.2) is 0 Å². The average molecular weight is 173 g/mol. The van der Waals surface area contributed by atoms with E-state index >= 15 is 0 Å². The van der Waals surface area contributed by atoms with Crippen LogP contribution in [0.1, 0.15) is 0 Å². The van der Waals surface area contributed by atoms with E-state index in [1.165, 1.54) is 4.68 Å². The Kier molecular flexibility index (Phi) is 1.64. The molecular weight excluding hydrogens is 166 g/mol. The lowest BCUT2D eigenvalue weighted by atomic mass is 10.3. The second kappa shape index (κ2) is 2.79. The van der Waals surface area contributed by atoms with E-state index < -0.39 is 0 Å². The number of hydrogen-bond donors (Lipinski definition) is 0. The number of nitrogens with zero attached hydrogens (tertiary/aromatic N) is 3. The van der Waals surface area contributed by atoms with Crippen molar-refractivity contribution >= 4 is 11.0 Å². The molecule has 0 atom stereocenters. The fourth-order valence-electron chi connectivity index (χ4n) is 1.24. The van der Waals surface area contributed by atoms with Crippen LogP contribution in [-0.4, -0.2) is 9.90 Å². The third-order valence-electron chi connectivity index (χ3n) is 1.80. The van der Waals surface area contributed by atoms with Crippen LogP contribution in [0.15, 0.2) is 24.3 Å². The van der Waals surface area contributed by atoms with E-state index in [1.54, 1.807) is 12.1 Å². The summed E-state index contributed by atoms with van der Waals surface area (Å²) < 4.78 is 1.50. The summed E-state index contributed by atoms with van der Waals surface area (Å²) in [7, 11) is 0. The number of hydrogen-bond acceptors (Lipinski definition) is 2. The third-order valence-corrected chi connectivity index (χ3v) is 1.80. The summed E-state index contributed by atoms with van der Waals surface area (Å²) in [5, 5.41) is 14.9. The molecule has 1 heterocycles. The SMILES string of the molecule is C#CCn1n[n+]([O-])c2ccccc21. The summed E-state index contributed by atoms with van der Waals surface area (Å²) in [5.41, 5.74) is 1.30. The quantitative estimate of drug-likeness (QED) is 0.354. The van der Waals surface area contributed by atoms with E-state index in [1.807, 2.05) is 12.1 Å². The molecule has 1 aromatic heterocycles. The van der Waals surface area contributed by atoms with Crippen molar-refractivity contribution in [3.63, 3.8) is 0 Å². The van der Waals surface area contributed by atoms with Crippen LogP contribution in [-0.2, 0) is 6.54 Å². The topological polar surface area (TPSA) is 44.8 Å². The highest BCUT2D eigenvalue weighted by Crippen LogP contribution is 2.07. The van der Waals surface area contributed by atoms with Crippen molar-refractivity contribution < 1.29 is 4.85 Å². The molecule has 0 radical (unpaired) electrons. The first-order chi connectivity index (χ1) is 6.33. The Balaban J connectivity index is 2.72. The van der Waals surface area contributed by atoms with E-state index in [2.05, 4.69) is 11.1 Å². The van der Waals surface area contributed by atoms with Gasteiger partial charge < -0.3 is 5.21 Å². The number of benzene rings is 1. The van der Waals surface area contributed by atoms with E-state index in [0.717, 1.165) is 5.52 Å². The second-order valence-corrected chi connectivity index (χ2v) is 2.61. The number of para-hydroxylation sites is 2. The molecule has 1 aromatic carbocycles. The number of aromatic nitrogens is 3.